The van der Waals surface area contributed by atoms with Gasteiger partial charge in [0, 0.05) is 97.7 Å². The van der Waals surface area contributed by atoms with Crippen LogP contribution in [-0.2, 0) is 0 Å². The average Bonchev–Trinajstić information content (AvgIpc) is 0.768. The summed E-state index contributed by atoms with van der Waals surface area (Å²) in [6.45, 7) is 3.08. The van der Waals surface area contributed by atoms with Crippen molar-refractivity contribution >= 4 is 180 Å². The van der Waals surface area contributed by atoms with E-state index in [1.54, 1.807) is 133 Å². The minimum atomic E-state index is -1.34. The standard InChI is InChI=1S/C104H104N24O19/c105-33-9-41-140-81-49-72(113-90-58(81)18-2-26-66(90)122-99(131)74-51-83(142-43-11-35-107)60-20-4-28-68(92(60)115-74)124-101(133)76-53-85(144-45-13-37-109)62-22-6-30-70(94(62)117-76)126-103(135)78-55-87(146-47-15-39-111)64-24-8-32-80(128(138)139)96(64)119-78)97(129)121-65-25-1-17-57-82(141-42-10-34-106)50-73(114-89(57)65)98(130)123-67-27-3-19-59-84(143-44-12-36-108)52-75(116-91(59)67)100(132)125-69-29-5-21-61-86(145-46-14-38-110)54-77(118-93(61)69)102(134)127-71-31-7-23-63-88(147-48-16-40-112)56-79(104(136)137)120-95(63)71/h1-8,17-32,49-56H,9-16,33-48,105-112H2,(H,121,129)(H,122,131)(H,123,130)(H,124,133)(H,125,132)(H,126,135)(H,127,134)(H,136,137). The van der Waals surface area contributed by atoms with Crippen LogP contribution >= 0.6 is 0 Å². The van der Waals surface area contributed by atoms with Crippen molar-refractivity contribution in [3.8, 4) is 46.0 Å². The molecule has 16 aromatic rings. The van der Waals surface area contributed by atoms with E-state index in [4.69, 9.17) is 114 Å². The quantitative estimate of drug-likeness (QED) is 0.00956. The van der Waals surface area contributed by atoms with Gasteiger partial charge in [-0.15, -0.1) is 0 Å². The van der Waals surface area contributed by atoms with Crippen molar-refractivity contribution in [3.63, 3.8) is 0 Å². The molecule has 0 aliphatic heterocycles. The highest BCUT2D eigenvalue weighted by Crippen LogP contribution is 2.42. The van der Waals surface area contributed by atoms with Crippen molar-refractivity contribution in [1.82, 2.24) is 39.9 Å². The lowest BCUT2D eigenvalue weighted by Crippen LogP contribution is -2.18. The summed E-state index contributed by atoms with van der Waals surface area (Å²) in [4.78, 5) is 167. The topological polar surface area (TPSA) is 669 Å². The highest BCUT2D eigenvalue weighted by Gasteiger charge is 2.30. The number of nitrogens with zero attached hydrogens (tertiary/aromatic N) is 9. The second kappa shape index (κ2) is 47.9. The molecule has 0 aliphatic rings. The molecular formula is C104H104N24O19. The van der Waals surface area contributed by atoms with Crippen molar-refractivity contribution in [3.05, 3.63) is 250 Å². The van der Waals surface area contributed by atoms with Crippen LogP contribution in [0.15, 0.2) is 194 Å². The Hall–Kier alpha value is -17.7. The van der Waals surface area contributed by atoms with Gasteiger partial charge in [-0.2, -0.15) is 0 Å². The molecule has 754 valence electrons. The number of non-ortho nitro benzene ring substituents is 1. The Morgan fingerprint density at radius 3 is 0.551 bits per heavy atom. The Kier molecular flexibility index (Phi) is 33.3. The maximum Gasteiger partial charge on any atom is 0.354 e. The first kappa shape index (κ1) is 102. The lowest BCUT2D eigenvalue weighted by molar-refractivity contribution is -0.383. The van der Waals surface area contributed by atoms with Gasteiger partial charge in [0.2, 0.25) is 0 Å². The number of carboxylic acids is 1. The van der Waals surface area contributed by atoms with Crippen molar-refractivity contribution in [2.24, 2.45) is 45.9 Å². The Bertz CT molecular complexity index is 7670. The number of aromatic nitrogens is 8. The molecule has 0 spiro atoms. The number of anilines is 7. The zero-order chi connectivity index (χ0) is 103. The number of nitro groups is 1. The van der Waals surface area contributed by atoms with Crippen LogP contribution in [-0.4, -0.2) is 202 Å². The number of ether oxygens (including phenoxy) is 8. The molecule has 147 heavy (non-hydrogen) atoms. The summed E-state index contributed by atoms with van der Waals surface area (Å²) in [5.41, 5.74) is 46.2. The number of carboxylic acid groups (broad SMARTS) is 1. The number of fused-ring (bicyclic) bond motifs is 8. The van der Waals surface area contributed by atoms with Crippen LogP contribution in [0.1, 0.15) is 135 Å². The number of nitrogens with one attached hydrogen (secondary N) is 7. The van der Waals surface area contributed by atoms with Crippen molar-refractivity contribution in [2.45, 2.75) is 51.4 Å². The normalized spacial score (nSPS) is 11.3. The van der Waals surface area contributed by atoms with Gasteiger partial charge in [0.15, 0.2) is 11.2 Å². The van der Waals surface area contributed by atoms with Gasteiger partial charge in [-0.1, -0.05) is 48.5 Å². The minimum Gasteiger partial charge on any atom is -0.493 e. The number of hydrogen-bond acceptors (Lipinski definition) is 34. The van der Waals surface area contributed by atoms with Gasteiger partial charge in [-0.05, 0) is 195 Å². The Labute approximate surface area is 837 Å². The zero-order valence-electron chi connectivity index (χ0n) is 79.4. The number of nitro benzene ring substituents is 1. The molecule has 8 aromatic carbocycles. The summed E-state index contributed by atoms with van der Waals surface area (Å²) < 4.78 is 49.8. The Balaban J connectivity index is 0.691. The number of aromatic carboxylic acids is 1. The predicted octanol–water partition coefficient (Wildman–Crippen LogP) is 12.3. The molecular weight excluding hydrogens is 1890 g/mol. The average molecular weight is 1990 g/mol. The summed E-state index contributed by atoms with van der Waals surface area (Å²) in [6.07, 6.45) is 3.35. The molecule has 0 aliphatic carbocycles. The van der Waals surface area contributed by atoms with E-state index in [9.17, 15) is 29.6 Å². The largest absolute Gasteiger partial charge is 0.493 e. The minimum absolute atomic E-state index is 0.0784. The molecule has 0 radical (unpaired) electrons. The summed E-state index contributed by atoms with van der Waals surface area (Å²) in [5.74, 6) is -5.42. The molecule has 7 amide bonds. The second-order valence-corrected chi connectivity index (χ2v) is 33.3. The molecule has 0 saturated carbocycles. The van der Waals surface area contributed by atoms with E-state index in [0.29, 0.717) is 108 Å². The van der Waals surface area contributed by atoms with E-state index >= 15 is 24.0 Å². The lowest BCUT2D eigenvalue weighted by atomic mass is 10.1. The number of rotatable bonds is 48. The number of carbonyl (C=O) groups is 8. The van der Waals surface area contributed by atoms with E-state index in [-0.39, 0.29) is 273 Å². The fourth-order valence-electron chi connectivity index (χ4n) is 15.9. The first-order chi connectivity index (χ1) is 71.6. The smallest absolute Gasteiger partial charge is 0.354 e. The van der Waals surface area contributed by atoms with Crippen LogP contribution in [0.5, 0.6) is 46.0 Å². The third-order valence-corrected chi connectivity index (χ3v) is 23.0. The monoisotopic (exact) mass is 1990 g/mol. The van der Waals surface area contributed by atoms with E-state index in [2.05, 4.69) is 47.2 Å². The zero-order valence-corrected chi connectivity index (χ0v) is 79.4. The van der Waals surface area contributed by atoms with E-state index < -0.39 is 52.2 Å². The van der Waals surface area contributed by atoms with Crippen LogP contribution in [0.25, 0.3) is 87.2 Å². The summed E-state index contributed by atoms with van der Waals surface area (Å²) in [6, 6.07) is 49.8. The molecule has 43 heteroatoms. The predicted molar refractivity (Wildman–Crippen MR) is 557 cm³/mol. The molecule has 8 aromatic heterocycles. The Morgan fingerprint density at radius 1 is 0.238 bits per heavy atom. The molecule has 0 fully saturated rings. The maximum atomic E-state index is 15.3. The number of nitrogens with two attached hydrogens (primary N) is 8. The molecule has 8 heterocycles. The second-order valence-electron chi connectivity index (χ2n) is 33.3. The fourth-order valence-corrected chi connectivity index (χ4v) is 15.9. The molecule has 0 bridgehead atoms. The molecule has 0 saturated heterocycles. The van der Waals surface area contributed by atoms with Crippen LogP contribution in [0.3, 0.4) is 0 Å². The van der Waals surface area contributed by atoms with Gasteiger partial charge in [0.1, 0.15) is 85.9 Å². The van der Waals surface area contributed by atoms with Gasteiger partial charge in [-0.25, -0.2) is 44.7 Å². The highest BCUT2D eigenvalue weighted by atomic mass is 16.6. The lowest BCUT2D eigenvalue weighted by Gasteiger charge is -2.17. The molecule has 24 N–H and O–H groups in total. The third-order valence-electron chi connectivity index (χ3n) is 23.0. The molecule has 43 nitrogen and oxygen atoms in total. The first-order valence-corrected chi connectivity index (χ1v) is 47.3. The molecule has 0 unspecified atom stereocenters. The van der Waals surface area contributed by atoms with Crippen molar-refractivity contribution < 1.29 is 86.3 Å². The first-order valence-electron chi connectivity index (χ1n) is 47.3. The van der Waals surface area contributed by atoms with Crippen molar-refractivity contribution in [1.29, 1.82) is 0 Å². The number of carbonyl (C=O) groups excluding carboxylic acids is 7. The fraction of sp³-hybridized carbons (Fsp3) is 0.231. The van der Waals surface area contributed by atoms with E-state index in [1.165, 1.54) is 60.7 Å². The Morgan fingerprint density at radius 2 is 0.388 bits per heavy atom. The number of para-hydroxylation sites is 8. The van der Waals surface area contributed by atoms with Crippen LogP contribution in [0, 0.1) is 10.1 Å². The van der Waals surface area contributed by atoms with Crippen LogP contribution in [0.4, 0.5) is 45.5 Å². The summed E-state index contributed by atoms with van der Waals surface area (Å²) >= 11 is 0. The van der Waals surface area contributed by atoms with Crippen LogP contribution < -0.4 is 121 Å². The summed E-state index contributed by atoms with van der Waals surface area (Å²) in [7, 11) is 0. The molecule has 16 rings (SSSR count). The maximum absolute atomic E-state index is 15.3. The van der Waals surface area contributed by atoms with E-state index in [0.717, 1.165) is 0 Å². The van der Waals surface area contributed by atoms with Crippen molar-refractivity contribution in [2.75, 3.05) is 142 Å². The van der Waals surface area contributed by atoms with E-state index in [1.807, 2.05) is 0 Å². The number of benzene rings is 8. The van der Waals surface area contributed by atoms with Gasteiger partial charge in [0.05, 0.1) is 136 Å². The van der Waals surface area contributed by atoms with Gasteiger partial charge >= 0.3 is 5.97 Å². The molecule has 0 atom stereocenters. The van der Waals surface area contributed by atoms with Gasteiger partial charge in [-0.3, -0.25) is 43.7 Å². The van der Waals surface area contributed by atoms with Gasteiger partial charge < -0.3 is 126 Å². The van der Waals surface area contributed by atoms with Crippen LogP contribution in [0.2, 0.25) is 0 Å². The number of amides is 7. The van der Waals surface area contributed by atoms with Gasteiger partial charge in [0.25, 0.3) is 47.0 Å². The highest BCUT2D eigenvalue weighted by molar-refractivity contribution is 6.19. The number of hydrogen-bond donors (Lipinski definition) is 16. The number of pyridine rings is 8. The summed E-state index contributed by atoms with van der Waals surface area (Å²) in [5, 5.41) is 45.7. The SMILES string of the molecule is NCCCOc1cc(C(=O)O)nc2c(NC(=O)c3cc(OCCCN)c4cccc(NC(=O)c5cc(OCCCN)c6cccc(NC(=O)c7cc(OCCCN)c8cccc(NC(=O)c9cc(OCCCN)c%10cccc(NC(=O)c%11cc(OCCCN)c%12cccc(NC(=O)c%13cc(OCCCN)c%14cccc(NC(=O)c%15cc(OCCCN)c%16cccc([N+](=O)[O-])c%16n%15)c%14n%13)c%12n%11)c%10n9)c8n7)c6n5)c4n3)cccc12. The third kappa shape index (κ3) is 23.6.